The highest BCUT2D eigenvalue weighted by Crippen LogP contribution is 2.26. The molecule has 82 valence electrons. The first-order chi connectivity index (χ1) is 6.22. The second-order valence-electron chi connectivity index (χ2n) is 5.30. The van der Waals surface area contributed by atoms with E-state index in [9.17, 15) is 4.79 Å². The first-order valence-corrected chi connectivity index (χ1v) is 5.12. The van der Waals surface area contributed by atoms with Crippen LogP contribution in [0.2, 0.25) is 0 Å². The predicted octanol–water partition coefficient (Wildman–Crippen LogP) is 3.48. The van der Waals surface area contributed by atoms with Gasteiger partial charge >= 0.3 is 5.97 Å². The molecule has 0 fully saturated rings. The predicted molar refractivity (Wildman–Crippen MR) is 59.2 cm³/mol. The minimum absolute atomic E-state index is 0.324. The molecule has 0 radical (unpaired) electrons. The van der Waals surface area contributed by atoms with E-state index in [0.29, 0.717) is 16.9 Å². The number of aliphatic carboxylic acids is 1. The van der Waals surface area contributed by atoms with Crippen LogP contribution in [0.5, 0.6) is 0 Å². The van der Waals surface area contributed by atoms with Crippen LogP contribution < -0.4 is 0 Å². The molecule has 0 heterocycles. The minimum Gasteiger partial charge on any atom is -0.478 e. The highest BCUT2D eigenvalue weighted by molar-refractivity contribution is 5.85. The second kappa shape index (κ2) is 5.18. The van der Waals surface area contributed by atoms with Crippen molar-refractivity contribution in [3.63, 3.8) is 0 Å². The summed E-state index contributed by atoms with van der Waals surface area (Å²) < 4.78 is 0. The van der Waals surface area contributed by atoms with E-state index in [0.717, 1.165) is 12.8 Å². The molecule has 2 nitrogen and oxygen atoms in total. The number of carboxylic acids is 1. The Morgan fingerprint density at radius 2 is 1.93 bits per heavy atom. The van der Waals surface area contributed by atoms with E-state index in [2.05, 4.69) is 27.7 Å². The van der Waals surface area contributed by atoms with Gasteiger partial charge in [-0.2, -0.15) is 0 Å². The molecule has 14 heavy (non-hydrogen) atoms. The van der Waals surface area contributed by atoms with Gasteiger partial charge in [-0.25, -0.2) is 4.79 Å². The fraction of sp³-hybridized carbons (Fsp3) is 0.750. The van der Waals surface area contributed by atoms with E-state index in [4.69, 9.17) is 5.11 Å². The summed E-state index contributed by atoms with van der Waals surface area (Å²) in [5, 5.41) is 8.66. The van der Waals surface area contributed by atoms with E-state index in [1.165, 1.54) is 0 Å². The van der Waals surface area contributed by atoms with Crippen LogP contribution in [0, 0.1) is 11.3 Å². The van der Waals surface area contributed by atoms with Gasteiger partial charge in [0, 0.05) is 5.57 Å². The van der Waals surface area contributed by atoms with Gasteiger partial charge in [0.05, 0.1) is 0 Å². The summed E-state index contributed by atoms with van der Waals surface area (Å²) >= 11 is 0. The number of carbonyl (C=O) groups is 1. The third kappa shape index (κ3) is 6.70. The zero-order valence-corrected chi connectivity index (χ0v) is 9.92. The molecule has 0 aromatic carbocycles. The van der Waals surface area contributed by atoms with Crippen molar-refractivity contribution in [1.29, 1.82) is 0 Å². The van der Waals surface area contributed by atoms with Crippen molar-refractivity contribution in [3.05, 3.63) is 11.6 Å². The second-order valence-corrected chi connectivity index (χ2v) is 5.30. The number of rotatable bonds is 4. The molecule has 0 aliphatic carbocycles. The third-order valence-corrected chi connectivity index (χ3v) is 2.12. The summed E-state index contributed by atoms with van der Waals surface area (Å²) in [5.74, 6) is -0.266. The number of hydrogen-bond donors (Lipinski definition) is 1. The van der Waals surface area contributed by atoms with Gasteiger partial charge in [0.2, 0.25) is 0 Å². The van der Waals surface area contributed by atoms with Crippen LogP contribution in [0.3, 0.4) is 0 Å². The Labute approximate surface area is 87.0 Å². The Bertz CT molecular complexity index is 221. The molecule has 0 aromatic rings. The van der Waals surface area contributed by atoms with Gasteiger partial charge in [0.15, 0.2) is 0 Å². The van der Waals surface area contributed by atoms with Crippen LogP contribution >= 0.6 is 0 Å². The minimum atomic E-state index is -0.812. The van der Waals surface area contributed by atoms with Gasteiger partial charge in [0.25, 0.3) is 0 Å². The van der Waals surface area contributed by atoms with Crippen molar-refractivity contribution in [1.82, 2.24) is 0 Å². The van der Waals surface area contributed by atoms with E-state index < -0.39 is 5.97 Å². The summed E-state index contributed by atoms with van der Waals surface area (Å²) in [6.45, 7) is 10.4. The zero-order valence-electron chi connectivity index (χ0n) is 9.92. The SMILES string of the molecule is C/C(=C/CC(C)CC(C)(C)C)C(=O)O. The topological polar surface area (TPSA) is 37.3 Å². The Balaban J connectivity index is 4.03. The van der Waals surface area contributed by atoms with Crippen molar-refractivity contribution in [3.8, 4) is 0 Å². The Kier molecular flexibility index (Phi) is 4.89. The maximum Gasteiger partial charge on any atom is 0.330 e. The molecule has 2 heteroatoms. The lowest BCUT2D eigenvalue weighted by molar-refractivity contribution is -0.132. The van der Waals surface area contributed by atoms with Gasteiger partial charge in [-0.15, -0.1) is 0 Å². The van der Waals surface area contributed by atoms with Crippen molar-refractivity contribution in [2.45, 2.75) is 47.5 Å². The molecule has 0 saturated heterocycles. The van der Waals surface area contributed by atoms with Crippen LogP contribution in [0.15, 0.2) is 11.6 Å². The van der Waals surface area contributed by atoms with Crippen molar-refractivity contribution < 1.29 is 9.90 Å². The highest BCUT2D eigenvalue weighted by Gasteiger charge is 2.14. The van der Waals surface area contributed by atoms with Crippen molar-refractivity contribution >= 4 is 5.97 Å². The average molecular weight is 198 g/mol. The molecule has 0 amide bonds. The van der Waals surface area contributed by atoms with E-state index in [1.54, 1.807) is 6.92 Å². The normalized spacial score (nSPS) is 15.4. The molecule has 0 spiro atoms. The van der Waals surface area contributed by atoms with Crippen LogP contribution in [0.25, 0.3) is 0 Å². The monoisotopic (exact) mass is 198 g/mol. The molecule has 1 N–H and O–H groups in total. The Morgan fingerprint density at radius 3 is 2.29 bits per heavy atom. The van der Waals surface area contributed by atoms with Gasteiger partial charge in [-0.05, 0) is 31.1 Å². The van der Waals surface area contributed by atoms with Crippen LogP contribution in [0.4, 0.5) is 0 Å². The molecule has 0 rings (SSSR count). The fourth-order valence-corrected chi connectivity index (χ4v) is 1.59. The third-order valence-electron chi connectivity index (χ3n) is 2.12. The van der Waals surface area contributed by atoms with Gasteiger partial charge in [-0.3, -0.25) is 0 Å². The summed E-state index contributed by atoms with van der Waals surface area (Å²) in [7, 11) is 0. The summed E-state index contributed by atoms with van der Waals surface area (Å²) in [6.07, 6.45) is 3.80. The molecule has 0 aliphatic rings. The molecule has 0 bridgehead atoms. The number of allylic oxidation sites excluding steroid dienone is 1. The molecule has 0 saturated carbocycles. The quantitative estimate of drug-likeness (QED) is 0.702. The summed E-state index contributed by atoms with van der Waals surface area (Å²) in [6, 6.07) is 0. The molecule has 0 aromatic heterocycles. The molecular weight excluding hydrogens is 176 g/mol. The number of carboxylic acid groups (broad SMARTS) is 1. The van der Waals surface area contributed by atoms with Gasteiger partial charge < -0.3 is 5.11 Å². The number of hydrogen-bond acceptors (Lipinski definition) is 1. The summed E-state index contributed by atoms with van der Waals surface area (Å²) in [5.41, 5.74) is 0.774. The first-order valence-electron chi connectivity index (χ1n) is 5.12. The van der Waals surface area contributed by atoms with Crippen molar-refractivity contribution in [2.24, 2.45) is 11.3 Å². The van der Waals surface area contributed by atoms with Gasteiger partial charge in [-0.1, -0.05) is 33.8 Å². The molecular formula is C12H22O2. The van der Waals surface area contributed by atoms with Gasteiger partial charge in [0.1, 0.15) is 0 Å². The fourth-order valence-electron chi connectivity index (χ4n) is 1.59. The molecule has 0 aliphatic heterocycles. The smallest absolute Gasteiger partial charge is 0.330 e. The maximum absolute atomic E-state index is 10.5. The van der Waals surface area contributed by atoms with Crippen molar-refractivity contribution in [2.75, 3.05) is 0 Å². The first kappa shape index (κ1) is 13.2. The Morgan fingerprint density at radius 1 is 1.43 bits per heavy atom. The lowest BCUT2D eigenvalue weighted by Crippen LogP contribution is -2.10. The van der Waals surface area contributed by atoms with E-state index in [1.807, 2.05) is 6.08 Å². The zero-order chi connectivity index (χ0) is 11.4. The Hall–Kier alpha value is -0.790. The van der Waals surface area contributed by atoms with Crippen LogP contribution in [0.1, 0.15) is 47.5 Å². The molecule has 1 unspecified atom stereocenters. The van der Waals surface area contributed by atoms with E-state index >= 15 is 0 Å². The molecule has 1 atom stereocenters. The van der Waals surface area contributed by atoms with E-state index in [-0.39, 0.29) is 0 Å². The lowest BCUT2D eigenvalue weighted by Gasteiger charge is -2.22. The van der Waals surface area contributed by atoms with Crippen LogP contribution in [-0.2, 0) is 4.79 Å². The highest BCUT2D eigenvalue weighted by atomic mass is 16.4. The maximum atomic E-state index is 10.5. The van der Waals surface area contributed by atoms with Crippen LogP contribution in [-0.4, -0.2) is 11.1 Å². The largest absolute Gasteiger partial charge is 0.478 e. The summed E-state index contributed by atoms with van der Waals surface area (Å²) in [4.78, 5) is 10.5. The lowest BCUT2D eigenvalue weighted by atomic mass is 9.84. The standard InChI is InChI=1S/C12H22O2/c1-9(8-12(3,4)5)6-7-10(2)11(13)14/h7,9H,6,8H2,1-5H3,(H,13,14)/b10-7-. The average Bonchev–Trinajstić information content (AvgIpc) is 1.96.